The number of nitrogens with zero attached hydrogens (tertiary/aromatic N) is 5. The zero-order valence-electron chi connectivity index (χ0n) is 18.1. The molecule has 1 N–H and O–H groups in total. The fourth-order valence-corrected chi connectivity index (χ4v) is 5.04. The Morgan fingerprint density at radius 3 is 2.44 bits per heavy atom. The zero-order chi connectivity index (χ0) is 22.6. The van der Waals surface area contributed by atoms with Gasteiger partial charge < -0.3 is 15.0 Å². The van der Waals surface area contributed by atoms with Crippen molar-refractivity contribution in [3.05, 3.63) is 60.3 Å². The normalized spacial score (nSPS) is 14.9. The highest BCUT2D eigenvalue weighted by atomic mass is 32.2. The summed E-state index contributed by atoms with van der Waals surface area (Å²) in [4.78, 5) is 6.53. The number of benzene rings is 1. The van der Waals surface area contributed by atoms with Crippen molar-refractivity contribution in [3.8, 4) is 5.75 Å². The molecule has 0 aliphatic carbocycles. The monoisotopic (exact) mass is 454 g/mol. The van der Waals surface area contributed by atoms with Crippen molar-refractivity contribution in [2.45, 2.75) is 18.7 Å². The van der Waals surface area contributed by atoms with Crippen LogP contribution in [0.25, 0.3) is 0 Å². The Kier molecular flexibility index (Phi) is 6.52. The van der Waals surface area contributed by atoms with E-state index in [9.17, 15) is 8.42 Å². The van der Waals surface area contributed by atoms with E-state index in [2.05, 4.69) is 20.5 Å². The van der Waals surface area contributed by atoms with E-state index in [4.69, 9.17) is 4.74 Å². The minimum atomic E-state index is -3.57. The zero-order valence-corrected chi connectivity index (χ0v) is 18.9. The lowest BCUT2D eigenvalue weighted by Gasteiger charge is -2.34. The molecular weight excluding hydrogens is 428 g/mol. The molecule has 0 spiro atoms. The molecule has 2 aromatic heterocycles. The van der Waals surface area contributed by atoms with Crippen LogP contribution in [-0.2, 0) is 10.0 Å². The maximum atomic E-state index is 13.1. The Bertz CT molecular complexity index is 1150. The predicted octanol–water partition coefficient (Wildman–Crippen LogP) is 2.83. The fraction of sp³-hybridized carbons (Fsp3) is 0.318. The van der Waals surface area contributed by atoms with Crippen molar-refractivity contribution in [1.29, 1.82) is 0 Å². The largest absolute Gasteiger partial charge is 0.494 e. The smallest absolute Gasteiger partial charge is 0.243 e. The van der Waals surface area contributed by atoms with Gasteiger partial charge in [-0.2, -0.15) is 4.31 Å². The quantitative estimate of drug-likeness (QED) is 0.582. The Labute approximate surface area is 188 Å². The molecule has 1 aliphatic heterocycles. The molecule has 1 aliphatic rings. The molecule has 1 aromatic carbocycles. The van der Waals surface area contributed by atoms with Crippen LogP contribution in [0.5, 0.6) is 5.75 Å². The van der Waals surface area contributed by atoms with E-state index in [1.165, 1.54) is 4.31 Å². The Balaban J connectivity index is 1.38. The number of sulfonamides is 1. The van der Waals surface area contributed by atoms with Gasteiger partial charge in [0.15, 0.2) is 11.6 Å². The van der Waals surface area contributed by atoms with Crippen LogP contribution in [0.1, 0.15) is 12.5 Å². The summed E-state index contributed by atoms with van der Waals surface area (Å²) in [7, 11) is -3.57. The van der Waals surface area contributed by atoms with E-state index in [0.29, 0.717) is 56.0 Å². The van der Waals surface area contributed by atoms with Crippen LogP contribution < -0.4 is 15.0 Å². The minimum absolute atomic E-state index is 0.289. The van der Waals surface area contributed by atoms with Gasteiger partial charge in [0.2, 0.25) is 10.0 Å². The van der Waals surface area contributed by atoms with Gasteiger partial charge in [0, 0.05) is 32.4 Å². The number of ether oxygens (including phenoxy) is 1. The standard InChI is InChI=1S/C22H26N6O3S/c1-3-31-19-8-7-18(16-17(19)2)32(29,30)28-14-12-27(13-15-28)22-10-9-21(25-26-22)24-20-6-4-5-11-23-20/h4-11,16H,3,12-15H2,1-2H3,(H,23,24,25). The summed E-state index contributed by atoms with van der Waals surface area (Å²) >= 11 is 0. The second-order valence-corrected chi connectivity index (χ2v) is 9.31. The number of hydrogen-bond donors (Lipinski definition) is 1. The number of nitrogens with one attached hydrogen (secondary N) is 1. The third kappa shape index (κ3) is 4.81. The van der Waals surface area contributed by atoms with E-state index in [-0.39, 0.29) is 4.90 Å². The van der Waals surface area contributed by atoms with Crippen molar-refractivity contribution >= 4 is 27.5 Å². The second kappa shape index (κ2) is 9.49. The van der Waals surface area contributed by atoms with Gasteiger partial charge in [-0.05, 0) is 61.9 Å². The van der Waals surface area contributed by atoms with E-state index >= 15 is 0 Å². The van der Waals surface area contributed by atoms with E-state index in [0.717, 1.165) is 5.56 Å². The number of pyridine rings is 1. The molecule has 9 nitrogen and oxygen atoms in total. The predicted molar refractivity (Wildman–Crippen MR) is 123 cm³/mol. The Hall–Kier alpha value is -3.24. The minimum Gasteiger partial charge on any atom is -0.494 e. The van der Waals surface area contributed by atoms with E-state index in [1.54, 1.807) is 24.4 Å². The van der Waals surface area contributed by atoms with Crippen LogP contribution in [0.3, 0.4) is 0 Å². The van der Waals surface area contributed by atoms with Crippen molar-refractivity contribution in [3.63, 3.8) is 0 Å². The van der Waals surface area contributed by atoms with Gasteiger partial charge in [-0.25, -0.2) is 13.4 Å². The van der Waals surface area contributed by atoms with Crippen molar-refractivity contribution in [2.75, 3.05) is 43.0 Å². The molecule has 0 amide bonds. The summed E-state index contributed by atoms with van der Waals surface area (Å²) < 4.78 is 33.2. The van der Waals surface area contributed by atoms with Crippen LogP contribution in [0.2, 0.25) is 0 Å². The van der Waals surface area contributed by atoms with Crippen LogP contribution in [-0.4, -0.2) is 60.7 Å². The first-order valence-corrected chi connectivity index (χ1v) is 11.9. The van der Waals surface area contributed by atoms with Gasteiger partial charge in [0.1, 0.15) is 11.6 Å². The summed E-state index contributed by atoms with van der Waals surface area (Å²) in [5, 5.41) is 11.6. The lowest BCUT2D eigenvalue weighted by molar-refractivity contribution is 0.337. The number of hydrogen-bond acceptors (Lipinski definition) is 8. The summed E-state index contributed by atoms with van der Waals surface area (Å²) in [5.41, 5.74) is 0.807. The van der Waals surface area contributed by atoms with Gasteiger partial charge in [0.25, 0.3) is 0 Å². The highest BCUT2D eigenvalue weighted by molar-refractivity contribution is 7.89. The first-order chi connectivity index (χ1) is 15.5. The van der Waals surface area contributed by atoms with Crippen LogP contribution >= 0.6 is 0 Å². The Morgan fingerprint density at radius 2 is 1.81 bits per heavy atom. The fourth-order valence-electron chi connectivity index (χ4n) is 3.53. The van der Waals surface area contributed by atoms with Gasteiger partial charge in [-0.15, -0.1) is 10.2 Å². The second-order valence-electron chi connectivity index (χ2n) is 7.37. The number of piperazine rings is 1. The average Bonchev–Trinajstić information content (AvgIpc) is 2.82. The van der Waals surface area contributed by atoms with Crippen LogP contribution in [0.4, 0.5) is 17.5 Å². The number of aryl methyl sites for hydroxylation is 1. The molecular formula is C22H26N6O3S. The van der Waals surface area contributed by atoms with Gasteiger partial charge in [0.05, 0.1) is 11.5 Å². The van der Waals surface area contributed by atoms with Gasteiger partial charge >= 0.3 is 0 Å². The molecule has 1 fully saturated rings. The highest BCUT2D eigenvalue weighted by Crippen LogP contribution is 2.25. The molecule has 1 saturated heterocycles. The molecule has 3 aromatic rings. The number of anilines is 3. The first-order valence-electron chi connectivity index (χ1n) is 10.5. The highest BCUT2D eigenvalue weighted by Gasteiger charge is 2.29. The van der Waals surface area contributed by atoms with Crippen LogP contribution in [0, 0.1) is 6.92 Å². The summed E-state index contributed by atoms with van der Waals surface area (Å²) in [5.74, 6) is 2.71. The molecule has 0 atom stereocenters. The van der Waals surface area contributed by atoms with Crippen LogP contribution in [0.15, 0.2) is 59.6 Å². The molecule has 4 rings (SSSR count). The van der Waals surface area contributed by atoms with Crippen molar-refractivity contribution in [1.82, 2.24) is 19.5 Å². The topological polar surface area (TPSA) is 101 Å². The SMILES string of the molecule is CCOc1ccc(S(=O)(=O)N2CCN(c3ccc(Nc4ccccn4)nn3)CC2)cc1C. The molecule has 168 valence electrons. The molecule has 0 unspecified atom stereocenters. The summed E-state index contributed by atoms with van der Waals surface area (Å²) in [6.07, 6.45) is 1.70. The number of aromatic nitrogens is 3. The van der Waals surface area contributed by atoms with Crippen molar-refractivity contribution in [2.24, 2.45) is 0 Å². The molecule has 0 saturated carbocycles. The van der Waals surface area contributed by atoms with Crippen molar-refractivity contribution < 1.29 is 13.2 Å². The summed E-state index contributed by atoms with van der Waals surface area (Å²) in [6, 6.07) is 14.3. The van der Waals surface area contributed by atoms with Gasteiger partial charge in [-0.1, -0.05) is 6.07 Å². The van der Waals surface area contributed by atoms with E-state index < -0.39 is 10.0 Å². The molecule has 10 heteroatoms. The maximum absolute atomic E-state index is 13.1. The summed E-state index contributed by atoms with van der Waals surface area (Å²) in [6.45, 7) is 6.13. The van der Waals surface area contributed by atoms with E-state index in [1.807, 2.05) is 49.1 Å². The molecule has 0 bridgehead atoms. The Morgan fingerprint density at radius 1 is 1.00 bits per heavy atom. The lowest BCUT2D eigenvalue weighted by atomic mass is 10.2. The first kappa shape index (κ1) is 22.0. The third-order valence-electron chi connectivity index (χ3n) is 5.22. The van der Waals surface area contributed by atoms with Gasteiger partial charge in [-0.3, -0.25) is 0 Å². The molecule has 0 radical (unpaired) electrons. The third-order valence-corrected chi connectivity index (χ3v) is 7.11. The lowest BCUT2D eigenvalue weighted by Crippen LogP contribution is -2.49. The number of rotatable bonds is 7. The molecule has 3 heterocycles. The maximum Gasteiger partial charge on any atom is 0.243 e. The average molecular weight is 455 g/mol. The molecule has 32 heavy (non-hydrogen) atoms.